The van der Waals surface area contributed by atoms with Crippen molar-refractivity contribution in [1.82, 2.24) is 20.2 Å². The average molecular weight is 275 g/mol. The van der Waals surface area contributed by atoms with Crippen molar-refractivity contribution in [2.45, 2.75) is 32.9 Å². The standard InChI is InChI=1S/C14H21N5O/c1-3-10(2)19-9-12-11(13(19)20)8-16-14(17-12)18-6-4-15-5-7-18/h8,10,15H,3-7,9H2,1-2H3. The molecule has 2 aliphatic rings. The van der Waals surface area contributed by atoms with Crippen LogP contribution in [0.15, 0.2) is 6.20 Å². The molecule has 0 aliphatic carbocycles. The van der Waals surface area contributed by atoms with Gasteiger partial charge in [-0.2, -0.15) is 0 Å². The van der Waals surface area contributed by atoms with E-state index in [0.717, 1.165) is 44.2 Å². The predicted molar refractivity (Wildman–Crippen MR) is 76.7 cm³/mol. The number of anilines is 1. The van der Waals surface area contributed by atoms with E-state index in [0.29, 0.717) is 12.1 Å². The fourth-order valence-electron chi connectivity index (χ4n) is 2.69. The third-order valence-corrected chi connectivity index (χ3v) is 4.19. The highest BCUT2D eigenvalue weighted by Gasteiger charge is 2.32. The summed E-state index contributed by atoms with van der Waals surface area (Å²) in [4.78, 5) is 25.4. The van der Waals surface area contributed by atoms with Crippen molar-refractivity contribution in [2.75, 3.05) is 31.1 Å². The fraction of sp³-hybridized carbons (Fsp3) is 0.643. The van der Waals surface area contributed by atoms with E-state index < -0.39 is 0 Å². The molecule has 1 fully saturated rings. The third-order valence-electron chi connectivity index (χ3n) is 4.19. The van der Waals surface area contributed by atoms with Gasteiger partial charge in [0.05, 0.1) is 17.8 Å². The Morgan fingerprint density at radius 2 is 2.15 bits per heavy atom. The second-order valence-corrected chi connectivity index (χ2v) is 5.46. The molecule has 2 aliphatic heterocycles. The second-order valence-electron chi connectivity index (χ2n) is 5.46. The summed E-state index contributed by atoms with van der Waals surface area (Å²) >= 11 is 0. The summed E-state index contributed by atoms with van der Waals surface area (Å²) in [6, 6.07) is 0.249. The SMILES string of the molecule is CCC(C)N1Cc2nc(N3CCNCC3)ncc2C1=O. The minimum absolute atomic E-state index is 0.0706. The van der Waals surface area contributed by atoms with Crippen LogP contribution in [0.2, 0.25) is 0 Å². The van der Waals surface area contributed by atoms with Crippen molar-refractivity contribution < 1.29 is 4.79 Å². The largest absolute Gasteiger partial charge is 0.338 e. The van der Waals surface area contributed by atoms with Crippen molar-refractivity contribution in [3.05, 3.63) is 17.5 Å². The minimum Gasteiger partial charge on any atom is -0.338 e. The number of fused-ring (bicyclic) bond motifs is 1. The molecular formula is C14H21N5O. The first-order valence-corrected chi connectivity index (χ1v) is 7.33. The lowest BCUT2D eigenvalue weighted by atomic mass is 10.2. The molecule has 1 unspecified atom stereocenters. The summed E-state index contributed by atoms with van der Waals surface area (Å²) in [5.41, 5.74) is 1.54. The zero-order valence-corrected chi connectivity index (χ0v) is 12.1. The van der Waals surface area contributed by atoms with Gasteiger partial charge < -0.3 is 15.1 Å². The van der Waals surface area contributed by atoms with Crippen LogP contribution in [0.1, 0.15) is 36.3 Å². The summed E-state index contributed by atoms with van der Waals surface area (Å²) in [5.74, 6) is 0.824. The highest BCUT2D eigenvalue weighted by atomic mass is 16.2. The molecule has 0 radical (unpaired) electrons. The molecule has 6 nitrogen and oxygen atoms in total. The van der Waals surface area contributed by atoms with E-state index >= 15 is 0 Å². The number of carbonyl (C=O) groups is 1. The van der Waals surface area contributed by atoms with Gasteiger partial charge in [-0.1, -0.05) is 6.92 Å². The van der Waals surface area contributed by atoms with Crippen LogP contribution in [0.3, 0.4) is 0 Å². The minimum atomic E-state index is 0.0706. The Labute approximate surface area is 119 Å². The molecule has 0 saturated carbocycles. The zero-order chi connectivity index (χ0) is 14.1. The smallest absolute Gasteiger partial charge is 0.257 e. The number of piperazine rings is 1. The Morgan fingerprint density at radius 1 is 1.40 bits per heavy atom. The van der Waals surface area contributed by atoms with Crippen molar-refractivity contribution >= 4 is 11.9 Å². The van der Waals surface area contributed by atoms with Gasteiger partial charge in [0, 0.05) is 38.4 Å². The van der Waals surface area contributed by atoms with E-state index in [4.69, 9.17) is 0 Å². The fourth-order valence-corrected chi connectivity index (χ4v) is 2.69. The summed E-state index contributed by atoms with van der Waals surface area (Å²) in [7, 11) is 0. The Bertz CT molecular complexity index is 512. The maximum absolute atomic E-state index is 12.3. The van der Waals surface area contributed by atoms with E-state index in [1.165, 1.54) is 0 Å². The van der Waals surface area contributed by atoms with Gasteiger partial charge in [0.2, 0.25) is 5.95 Å². The molecule has 0 aromatic carbocycles. The summed E-state index contributed by atoms with van der Waals surface area (Å²) in [6.45, 7) is 8.54. The van der Waals surface area contributed by atoms with E-state index in [9.17, 15) is 4.79 Å². The number of amides is 1. The molecule has 6 heteroatoms. The number of hydrogen-bond donors (Lipinski definition) is 1. The predicted octanol–water partition coefficient (Wildman–Crippen LogP) is 0.641. The maximum atomic E-state index is 12.3. The monoisotopic (exact) mass is 275 g/mol. The molecule has 20 heavy (non-hydrogen) atoms. The molecule has 3 heterocycles. The van der Waals surface area contributed by atoms with Gasteiger partial charge in [0.15, 0.2) is 0 Å². The zero-order valence-electron chi connectivity index (χ0n) is 12.1. The van der Waals surface area contributed by atoms with Crippen LogP contribution in [0.4, 0.5) is 5.95 Å². The summed E-state index contributed by atoms with van der Waals surface area (Å²) in [5, 5.41) is 3.31. The van der Waals surface area contributed by atoms with Gasteiger partial charge >= 0.3 is 0 Å². The van der Waals surface area contributed by atoms with Gasteiger partial charge in [-0.15, -0.1) is 0 Å². The van der Waals surface area contributed by atoms with Crippen LogP contribution in [0, 0.1) is 0 Å². The van der Waals surface area contributed by atoms with Crippen molar-refractivity contribution in [2.24, 2.45) is 0 Å². The molecule has 108 valence electrons. The molecule has 1 N–H and O–H groups in total. The van der Waals surface area contributed by atoms with Crippen molar-refractivity contribution in [3.63, 3.8) is 0 Å². The van der Waals surface area contributed by atoms with E-state index in [1.807, 2.05) is 4.90 Å². The van der Waals surface area contributed by atoms with Crippen LogP contribution in [-0.4, -0.2) is 53.0 Å². The van der Waals surface area contributed by atoms with Crippen LogP contribution in [0.25, 0.3) is 0 Å². The second kappa shape index (κ2) is 5.36. The Hall–Kier alpha value is -1.69. The van der Waals surface area contributed by atoms with Gasteiger partial charge in [-0.3, -0.25) is 4.79 Å². The molecule has 0 bridgehead atoms. The molecular weight excluding hydrogens is 254 g/mol. The van der Waals surface area contributed by atoms with Gasteiger partial charge in [0.1, 0.15) is 0 Å². The highest BCUT2D eigenvalue weighted by Crippen LogP contribution is 2.25. The lowest BCUT2D eigenvalue weighted by Gasteiger charge is -2.27. The lowest BCUT2D eigenvalue weighted by molar-refractivity contribution is 0.0712. The van der Waals surface area contributed by atoms with Crippen LogP contribution >= 0.6 is 0 Å². The Morgan fingerprint density at radius 3 is 2.85 bits per heavy atom. The number of nitrogens with zero attached hydrogens (tertiary/aromatic N) is 4. The molecule has 1 atom stereocenters. The summed E-state index contributed by atoms with van der Waals surface area (Å²) < 4.78 is 0. The first kappa shape index (κ1) is 13.3. The van der Waals surface area contributed by atoms with Crippen LogP contribution < -0.4 is 10.2 Å². The van der Waals surface area contributed by atoms with E-state index in [1.54, 1.807) is 6.20 Å². The van der Waals surface area contributed by atoms with E-state index in [2.05, 4.69) is 34.0 Å². The van der Waals surface area contributed by atoms with Gasteiger partial charge in [0.25, 0.3) is 5.91 Å². The average Bonchev–Trinajstić information content (AvgIpc) is 2.84. The first-order chi connectivity index (χ1) is 9.70. The van der Waals surface area contributed by atoms with Crippen LogP contribution in [0.5, 0.6) is 0 Å². The first-order valence-electron chi connectivity index (χ1n) is 7.33. The molecule has 1 saturated heterocycles. The molecule has 1 aromatic rings. The maximum Gasteiger partial charge on any atom is 0.257 e. The van der Waals surface area contributed by atoms with Crippen molar-refractivity contribution in [1.29, 1.82) is 0 Å². The molecule has 1 aromatic heterocycles. The van der Waals surface area contributed by atoms with Crippen molar-refractivity contribution in [3.8, 4) is 0 Å². The van der Waals surface area contributed by atoms with Crippen LogP contribution in [-0.2, 0) is 6.54 Å². The molecule has 1 amide bonds. The number of rotatable bonds is 3. The highest BCUT2D eigenvalue weighted by molar-refractivity contribution is 5.97. The quantitative estimate of drug-likeness (QED) is 0.877. The van der Waals surface area contributed by atoms with E-state index in [-0.39, 0.29) is 11.9 Å². The Balaban J connectivity index is 1.83. The number of hydrogen-bond acceptors (Lipinski definition) is 5. The number of nitrogens with one attached hydrogen (secondary N) is 1. The third kappa shape index (κ3) is 2.24. The molecule has 3 rings (SSSR count). The normalized spacial score (nSPS) is 20.2. The van der Waals surface area contributed by atoms with Gasteiger partial charge in [-0.25, -0.2) is 9.97 Å². The summed E-state index contributed by atoms with van der Waals surface area (Å²) in [6.07, 6.45) is 2.65. The number of carbonyl (C=O) groups excluding carboxylic acids is 1. The Kier molecular flexibility index (Phi) is 3.56. The lowest BCUT2D eigenvalue weighted by Crippen LogP contribution is -2.44. The van der Waals surface area contributed by atoms with Gasteiger partial charge in [-0.05, 0) is 13.3 Å². The molecule has 0 spiro atoms. The number of aromatic nitrogens is 2. The topological polar surface area (TPSA) is 61.4 Å².